The first kappa shape index (κ1) is 15.2. The summed E-state index contributed by atoms with van der Waals surface area (Å²) >= 11 is 1.99. The Morgan fingerprint density at radius 3 is 2.47 bits per heavy atom. The van der Waals surface area contributed by atoms with Gasteiger partial charge in [0.25, 0.3) is 0 Å². The Morgan fingerprint density at radius 2 is 1.95 bits per heavy atom. The lowest BCUT2D eigenvalue weighted by atomic mass is 9.93. The van der Waals surface area contributed by atoms with Crippen LogP contribution in [-0.4, -0.2) is 40.6 Å². The fourth-order valence-corrected chi connectivity index (χ4v) is 4.26. The number of carbonyl (C=O) groups is 1. The van der Waals surface area contributed by atoms with Crippen molar-refractivity contribution in [1.82, 2.24) is 10.2 Å². The van der Waals surface area contributed by atoms with E-state index in [-0.39, 0.29) is 12.2 Å². The summed E-state index contributed by atoms with van der Waals surface area (Å²) in [5, 5.41) is 4.35. The van der Waals surface area contributed by atoms with Crippen LogP contribution in [-0.2, 0) is 4.79 Å². The summed E-state index contributed by atoms with van der Waals surface area (Å²) < 4.78 is 0. The van der Waals surface area contributed by atoms with Gasteiger partial charge >= 0.3 is 0 Å². The third-order valence-electron chi connectivity index (χ3n) is 4.62. The summed E-state index contributed by atoms with van der Waals surface area (Å²) in [6.07, 6.45) is 10.5. The van der Waals surface area contributed by atoms with Crippen molar-refractivity contribution in [2.45, 2.75) is 82.3 Å². The zero-order chi connectivity index (χ0) is 13.8. The topological polar surface area (TPSA) is 32.3 Å². The van der Waals surface area contributed by atoms with Crippen LogP contribution in [0.2, 0.25) is 0 Å². The molecule has 0 aromatic carbocycles. The number of nitrogens with one attached hydrogen (secondary N) is 1. The largest absolute Gasteiger partial charge is 0.323 e. The Morgan fingerprint density at radius 1 is 1.26 bits per heavy atom. The summed E-state index contributed by atoms with van der Waals surface area (Å²) in [5.41, 5.74) is 0. The summed E-state index contributed by atoms with van der Waals surface area (Å²) in [5.74, 6) is 0.362. The van der Waals surface area contributed by atoms with E-state index in [9.17, 15) is 4.79 Å². The second-order valence-electron chi connectivity index (χ2n) is 5.84. The van der Waals surface area contributed by atoms with Crippen molar-refractivity contribution in [2.24, 2.45) is 0 Å². The fourth-order valence-electron chi connectivity index (χ4n) is 3.52. The third kappa shape index (κ3) is 3.27. The van der Waals surface area contributed by atoms with Gasteiger partial charge in [-0.15, -0.1) is 0 Å². The predicted octanol–water partition coefficient (Wildman–Crippen LogP) is 3.00. The van der Waals surface area contributed by atoms with Gasteiger partial charge in [0.05, 0.1) is 12.2 Å². The van der Waals surface area contributed by atoms with Crippen LogP contribution < -0.4 is 5.32 Å². The van der Waals surface area contributed by atoms with Crippen molar-refractivity contribution in [2.75, 3.05) is 6.26 Å². The number of carbonyl (C=O) groups excluding carboxylic acids is 1. The normalized spacial score (nSPS) is 35.9. The molecule has 1 heterocycles. The van der Waals surface area contributed by atoms with Gasteiger partial charge in [0, 0.05) is 11.3 Å². The van der Waals surface area contributed by atoms with Crippen LogP contribution in [0.4, 0.5) is 0 Å². The van der Waals surface area contributed by atoms with Gasteiger partial charge in [-0.1, -0.05) is 20.3 Å². The fraction of sp³-hybridized carbons (Fsp3) is 0.933. The predicted molar refractivity (Wildman–Crippen MR) is 82.3 cm³/mol. The molecular weight excluding hydrogens is 256 g/mol. The van der Waals surface area contributed by atoms with Crippen LogP contribution in [0.1, 0.15) is 58.8 Å². The van der Waals surface area contributed by atoms with Crippen LogP contribution in [0.25, 0.3) is 0 Å². The molecular formula is C15H28N2OS. The molecule has 1 N–H and O–H groups in total. The second kappa shape index (κ2) is 6.98. The Kier molecular flexibility index (Phi) is 5.58. The Hall–Kier alpha value is -0.220. The van der Waals surface area contributed by atoms with Crippen molar-refractivity contribution in [3.8, 4) is 0 Å². The number of thioether (sulfide) groups is 1. The van der Waals surface area contributed by atoms with Crippen LogP contribution in [0, 0.1) is 0 Å². The summed E-state index contributed by atoms with van der Waals surface area (Å²) in [6, 6.07) is 0.559. The number of hydrogen-bond acceptors (Lipinski definition) is 3. The highest BCUT2D eigenvalue weighted by molar-refractivity contribution is 7.99. The van der Waals surface area contributed by atoms with E-state index < -0.39 is 0 Å². The van der Waals surface area contributed by atoms with Crippen molar-refractivity contribution >= 4 is 17.7 Å². The third-order valence-corrected chi connectivity index (χ3v) is 5.75. The minimum atomic E-state index is 0.0771. The SMILES string of the molecule is CCCC1NC(CC)N(C2CCC(SC)CC2)C1=O. The van der Waals surface area contributed by atoms with Crippen LogP contribution in [0.5, 0.6) is 0 Å². The Balaban J connectivity index is 1.99. The molecule has 2 unspecified atom stereocenters. The molecule has 1 aliphatic carbocycles. The zero-order valence-electron chi connectivity index (χ0n) is 12.5. The van der Waals surface area contributed by atoms with Gasteiger partial charge in [-0.2, -0.15) is 11.8 Å². The van der Waals surface area contributed by atoms with E-state index in [0.29, 0.717) is 11.9 Å². The molecule has 0 bridgehead atoms. The van der Waals surface area contributed by atoms with Crippen molar-refractivity contribution in [1.29, 1.82) is 0 Å². The number of amides is 1. The van der Waals surface area contributed by atoms with Crippen molar-refractivity contribution in [3.63, 3.8) is 0 Å². The molecule has 0 spiro atoms. The monoisotopic (exact) mass is 284 g/mol. The van der Waals surface area contributed by atoms with Gasteiger partial charge in [-0.05, 0) is 44.8 Å². The van der Waals surface area contributed by atoms with Crippen LogP contribution in [0.3, 0.4) is 0 Å². The quantitative estimate of drug-likeness (QED) is 0.842. The standard InChI is InChI=1S/C15H28N2OS/c1-4-6-13-15(18)17(14(5-2)16-13)11-7-9-12(19-3)10-8-11/h11-14,16H,4-10H2,1-3H3. The molecule has 2 aliphatic rings. The molecule has 2 atom stereocenters. The van der Waals surface area contributed by atoms with Crippen LogP contribution >= 0.6 is 11.8 Å². The summed E-state index contributed by atoms with van der Waals surface area (Å²) in [6.45, 7) is 4.34. The van der Waals surface area contributed by atoms with E-state index in [1.165, 1.54) is 25.7 Å². The maximum atomic E-state index is 12.6. The highest BCUT2D eigenvalue weighted by Gasteiger charge is 2.41. The van der Waals surface area contributed by atoms with Gasteiger partial charge in [-0.3, -0.25) is 10.1 Å². The average molecular weight is 284 g/mol. The minimum Gasteiger partial charge on any atom is -0.323 e. The Labute approximate surface area is 121 Å². The van der Waals surface area contributed by atoms with E-state index >= 15 is 0 Å². The molecule has 2 fully saturated rings. The molecule has 4 heteroatoms. The van der Waals surface area contributed by atoms with E-state index in [4.69, 9.17) is 0 Å². The van der Waals surface area contributed by atoms with E-state index in [1.807, 2.05) is 11.8 Å². The van der Waals surface area contributed by atoms with Gasteiger partial charge < -0.3 is 4.90 Å². The van der Waals surface area contributed by atoms with Gasteiger partial charge in [0.15, 0.2) is 0 Å². The maximum Gasteiger partial charge on any atom is 0.241 e. The van der Waals surface area contributed by atoms with E-state index in [2.05, 4.69) is 30.3 Å². The van der Waals surface area contributed by atoms with Crippen molar-refractivity contribution in [3.05, 3.63) is 0 Å². The molecule has 2 rings (SSSR count). The van der Waals surface area contributed by atoms with Gasteiger partial charge in [0.1, 0.15) is 0 Å². The first-order valence-electron chi connectivity index (χ1n) is 7.82. The van der Waals surface area contributed by atoms with Crippen molar-refractivity contribution < 1.29 is 4.79 Å². The van der Waals surface area contributed by atoms with Gasteiger partial charge in [0.2, 0.25) is 5.91 Å². The molecule has 1 saturated carbocycles. The first-order chi connectivity index (χ1) is 9.21. The lowest BCUT2D eigenvalue weighted by Gasteiger charge is -2.37. The van der Waals surface area contributed by atoms with Crippen LogP contribution in [0.15, 0.2) is 0 Å². The minimum absolute atomic E-state index is 0.0771. The number of rotatable bonds is 5. The van der Waals surface area contributed by atoms with Gasteiger partial charge in [-0.25, -0.2) is 0 Å². The Bertz CT molecular complexity index is 303. The smallest absolute Gasteiger partial charge is 0.241 e. The first-order valence-corrected chi connectivity index (χ1v) is 9.11. The lowest BCUT2D eigenvalue weighted by molar-refractivity contribution is -0.133. The molecule has 3 nitrogen and oxygen atoms in total. The molecule has 19 heavy (non-hydrogen) atoms. The molecule has 0 aromatic heterocycles. The summed E-state index contributed by atoms with van der Waals surface area (Å²) in [4.78, 5) is 14.8. The highest BCUT2D eigenvalue weighted by atomic mass is 32.2. The lowest BCUT2D eigenvalue weighted by Crippen LogP contribution is -2.46. The summed E-state index contributed by atoms with van der Waals surface area (Å²) in [7, 11) is 0. The highest BCUT2D eigenvalue weighted by Crippen LogP contribution is 2.32. The molecule has 0 radical (unpaired) electrons. The second-order valence-corrected chi connectivity index (χ2v) is 6.98. The average Bonchev–Trinajstić information content (AvgIpc) is 2.76. The number of nitrogens with zero attached hydrogens (tertiary/aromatic N) is 1. The molecule has 1 amide bonds. The molecule has 1 aliphatic heterocycles. The molecule has 0 aromatic rings. The van der Waals surface area contributed by atoms with E-state index in [0.717, 1.165) is 24.5 Å². The number of hydrogen-bond donors (Lipinski definition) is 1. The zero-order valence-corrected chi connectivity index (χ0v) is 13.3. The van der Waals surface area contributed by atoms with E-state index in [1.54, 1.807) is 0 Å². The molecule has 110 valence electrons. The maximum absolute atomic E-state index is 12.6. The molecule has 1 saturated heterocycles.